The summed E-state index contributed by atoms with van der Waals surface area (Å²) in [5.74, 6) is 0. The van der Waals surface area contributed by atoms with E-state index in [1.54, 1.807) is 7.11 Å². The average Bonchev–Trinajstić information content (AvgIpc) is 2.02. The van der Waals surface area contributed by atoms with Crippen LogP contribution in [0.1, 0.15) is 20.8 Å². The summed E-state index contributed by atoms with van der Waals surface area (Å²) in [6.45, 7) is 5.81. The summed E-state index contributed by atoms with van der Waals surface area (Å²) in [5.41, 5.74) is 0. The van der Waals surface area contributed by atoms with E-state index in [1.165, 1.54) is 0 Å². The Labute approximate surface area is 68.3 Å². The van der Waals surface area contributed by atoms with Crippen LogP contribution >= 0.6 is 0 Å². The smallest absolute Gasteiger partial charge is 0.0927 e. The first-order valence-electron chi connectivity index (χ1n) is 3.80. The van der Waals surface area contributed by atoms with Crippen LogP contribution in [0.5, 0.6) is 0 Å². The molecule has 3 heteroatoms. The summed E-state index contributed by atoms with van der Waals surface area (Å²) in [6, 6.07) is 2.22. The van der Waals surface area contributed by atoms with Gasteiger partial charge in [-0.3, -0.25) is 5.32 Å². The van der Waals surface area contributed by atoms with Gasteiger partial charge in [0.25, 0.3) is 0 Å². The zero-order valence-electron chi connectivity index (χ0n) is 7.59. The van der Waals surface area contributed by atoms with Crippen molar-refractivity contribution in [1.29, 1.82) is 5.26 Å². The highest BCUT2D eigenvalue weighted by molar-refractivity contribution is 4.88. The third-order valence-corrected chi connectivity index (χ3v) is 1.78. The van der Waals surface area contributed by atoms with Gasteiger partial charge in [0.2, 0.25) is 0 Å². The number of nitriles is 1. The van der Waals surface area contributed by atoms with Gasteiger partial charge in [0.15, 0.2) is 0 Å². The number of ether oxygens (including phenoxy) is 1. The van der Waals surface area contributed by atoms with Gasteiger partial charge < -0.3 is 4.74 Å². The summed E-state index contributed by atoms with van der Waals surface area (Å²) in [7, 11) is 1.67. The summed E-state index contributed by atoms with van der Waals surface area (Å²) in [6.07, 6.45) is 0.144. The number of methoxy groups -OCH3 is 1. The molecule has 0 bridgehead atoms. The number of nitrogens with zero attached hydrogens (tertiary/aromatic N) is 1. The van der Waals surface area contributed by atoms with Crippen LogP contribution in [0.3, 0.4) is 0 Å². The van der Waals surface area contributed by atoms with Crippen LogP contribution in [0.25, 0.3) is 0 Å². The first kappa shape index (κ1) is 10.4. The summed E-state index contributed by atoms with van der Waals surface area (Å²) in [4.78, 5) is 0. The van der Waals surface area contributed by atoms with Crippen LogP contribution in [-0.4, -0.2) is 25.3 Å². The molecule has 0 spiro atoms. The normalized spacial score (nSPS) is 18.5. The highest BCUT2D eigenvalue weighted by Crippen LogP contribution is 1.96. The van der Waals surface area contributed by atoms with Gasteiger partial charge in [-0.05, 0) is 20.8 Å². The molecule has 0 aromatic rings. The van der Waals surface area contributed by atoms with Crippen molar-refractivity contribution in [2.45, 2.75) is 39.0 Å². The molecule has 0 aliphatic rings. The Morgan fingerprint density at radius 3 is 2.27 bits per heavy atom. The van der Waals surface area contributed by atoms with E-state index in [9.17, 15) is 0 Å². The quantitative estimate of drug-likeness (QED) is 0.658. The number of nitrogens with one attached hydrogen (secondary N) is 1. The average molecular weight is 156 g/mol. The predicted octanol–water partition coefficient (Wildman–Crippen LogP) is 0.911. The molecule has 3 atom stereocenters. The minimum absolute atomic E-state index is 0.109. The maximum atomic E-state index is 8.48. The maximum absolute atomic E-state index is 8.48. The van der Waals surface area contributed by atoms with Crippen molar-refractivity contribution < 1.29 is 4.74 Å². The lowest BCUT2D eigenvalue weighted by molar-refractivity contribution is 0.0873. The summed E-state index contributed by atoms with van der Waals surface area (Å²) >= 11 is 0. The van der Waals surface area contributed by atoms with Crippen molar-refractivity contribution in [3.63, 3.8) is 0 Å². The first-order chi connectivity index (χ1) is 5.11. The molecule has 2 unspecified atom stereocenters. The predicted molar refractivity (Wildman–Crippen MR) is 44.1 cm³/mol. The Hall–Kier alpha value is -0.590. The van der Waals surface area contributed by atoms with E-state index in [0.717, 1.165) is 0 Å². The second kappa shape index (κ2) is 5.11. The van der Waals surface area contributed by atoms with Crippen LogP contribution in [0.4, 0.5) is 0 Å². The van der Waals surface area contributed by atoms with E-state index in [1.807, 2.05) is 20.8 Å². The number of hydrogen-bond acceptors (Lipinski definition) is 3. The fraction of sp³-hybridized carbons (Fsp3) is 0.875. The lowest BCUT2D eigenvalue weighted by Crippen LogP contribution is -2.41. The maximum Gasteiger partial charge on any atom is 0.0927 e. The summed E-state index contributed by atoms with van der Waals surface area (Å²) < 4.78 is 5.09. The largest absolute Gasteiger partial charge is 0.380 e. The molecule has 0 aliphatic carbocycles. The molecule has 0 saturated carbocycles. The highest BCUT2D eigenvalue weighted by Gasteiger charge is 2.12. The van der Waals surface area contributed by atoms with Gasteiger partial charge in [0, 0.05) is 13.2 Å². The Kier molecular flexibility index (Phi) is 4.84. The lowest BCUT2D eigenvalue weighted by Gasteiger charge is -2.20. The molecule has 0 saturated heterocycles. The Morgan fingerprint density at radius 1 is 1.36 bits per heavy atom. The standard InChI is InChI=1S/C8H16N2O/c1-6(5-9)10-7(2)8(3)11-4/h6-8,10H,1-4H3/t6?,7-,8?/m1/s1. The van der Waals surface area contributed by atoms with Crippen molar-refractivity contribution in [3.8, 4) is 6.07 Å². The van der Waals surface area contributed by atoms with Gasteiger partial charge in [-0.15, -0.1) is 0 Å². The van der Waals surface area contributed by atoms with Crippen molar-refractivity contribution in [2.75, 3.05) is 7.11 Å². The van der Waals surface area contributed by atoms with Gasteiger partial charge in [0.05, 0.1) is 18.2 Å². The second-order valence-corrected chi connectivity index (χ2v) is 2.75. The highest BCUT2D eigenvalue weighted by atomic mass is 16.5. The van der Waals surface area contributed by atoms with Gasteiger partial charge in [-0.25, -0.2) is 0 Å². The van der Waals surface area contributed by atoms with Crippen LogP contribution < -0.4 is 5.32 Å². The zero-order chi connectivity index (χ0) is 8.85. The lowest BCUT2D eigenvalue weighted by atomic mass is 10.2. The molecule has 0 fully saturated rings. The molecule has 64 valence electrons. The number of hydrogen-bond donors (Lipinski definition) is 1. The molecule has 0 aromatic carbocycles. The topological polar surface area (TPSA) is 45.0 Å². The molecule has 0 radical (unpaired) electrons. The second-order valence-electron chi connectivity index (χ2n) is 2.75. The molecule has 3 nitrogen and oxygen atoms in total. The molecule has 11 heavy (non-hydrogen) atoms. The van der Waals surface area contributed by atoms with Crippen molar-refractivity contribution in [2.24, 2.45) is 0 Å². The van der Waals surface area contributed by atoms with Crippen LogP contribution in [0.15, 0.2) is 0 Å². The molecule has 0 amide bonds. The van der Waals surface area contributed by atoms with Crippen LogP contribution in [0.2, 0.25) is 0 Å². The molecule has 0 heterocycles. The molecule has 0 aliphatic heterocycles. The summed E-state index contributed by atoms with van der Waals surface area (Å²) in [5, 5.41) is 11.6. The Bertz CT molecular complexity index is 142. The fourth-order valence-electron chi connectivity index (χ4n) is 0.771. The monoisotopic (exact) mass is 156 g/mol. The van der Waals surface area contributed by atoms with Crippen LogP contribution in [-0.2, 0) is 4.74 Å². The van der Waals surface area contributed by atoms with Crippen molar-refractivity contribution >= 4 is 0 Å². The Balaban J connectivity index is 3.69. The van der Waals surface area contributed by atoms with Gasteiger partial charge >= 0.3 is 0 Å². The minimum atomic E-state index is -0.109. The third-order valence-electron chi connectivity index (χ3n) is 1.78. The molecular weight excluding hydrogens is 140 g/mol. The molecule has 0 rings (SSSR count). The fourth-order valence-corrected chi connectivity index (χ4v) is 0.771. The third kappa shape index (κ3) is 3.97. The molecular formula is C8H16N2O. The number of rotatable bonds is 4. The Morgan fingerprint density at radius 2 is 1.91 bits per heavy atom. The first-order valence-corrected chi connectivity index (χ1v) is 3.80. The van der Waals surface area contributed by atoms with Gasteiger partial charge in [-0.2, -0.15) is 5.26 Å². The minimum Gasteiger partial charge on any atom is -0.380 e. The van der Waals surface area contributed by atoms with Crippen molar-refractivity contribution in [3.05, 3.63) is 0 Å². The molecule has 0 aromatic heterocycles. The van der Waals surface area contributed by atoms with Gasteiger partial charge in [0.1, 0.15) is 0 Å². The van der Waals surface area contributed by atoms with Crippen LogP contribution in [0, 0.1) is 11.3 Å². The van der Waals surface area contributed by atoms with E-state index in [0.29, 0.717) is 0 Å². The van der Waals surface area contributed by atoms with E-state index in [-0.39, 0.29) is 18.2 Å². The van der Waals surface area contributed by atoms with E-state index >= 15 is 0 Å². The van der Waals surface area contributed by atoms with Crippen molar-refractivity contribution in [1.82, 2.24) is 5.32 Å². The SMILES string of the molecule is COC(C)[C@@H](C)NC(C)C#N. The van der Waals surface area contributed by atoms with E-state index in [4.69, 9.17) is 10.00 Å². The zero-order valence-corrected chi connectivity index (χ0v) is 7.59. The van der Waals surface area contributed by atoms with E-state index in [2.05, 4.69) is 11.4 Å². The van der Waals surface area contributed by atoms with Gasteiger partial charge in [-0.1, -0.05) is 0 Å². The van der Waals surface area contributed by atoms with E-state index < -0.39 is 0 Å². The molecule has 1 N–H and O–H groups in total.